The number of cyclic esters (lactones) is 1. The van der Waals surface area contributed by atoms with Crippen molar-refractivity contribution in [1.29, 1.82) is 0 Å². The quantitative estimate of drug-likeness (QED) is 0.149. The van der Waals surface area contributed by atoms with E-state index >= 15 is 0 Å². The summed E-state index contributed by atoms with van der Waals surface area (Å²) in [7, 11) is -2.83. The molecule has 1 saturated heterocycles. The van der Waals surface area contributed by atoms with Gasteiger partial charge in [0.1, 0.15) is 6.10 Å². The minimum atomic E-state index is -2.83. The summed E-state index contributed by atoms with van der Waals surface area (Å²) < 4.78 is 18.6. The molecule has 1 fully saturated rings. The Balaban J connectivity index is 1.42. The molecule has 6 nitrogen and oxygen atoms in total. The van der Waals surface area contributed by atoms with Crippen LogP contribution in [-0.2, 0) is 25.3 Å². The molecule has 44 heavy (non-hydrogen) atoms. The van der Waals surface area contributed by atoms with Gasteiger partial charge in [-0.3, -0.25) is 4.79 Å². The first kappa shape index (κ1) is 33.8. The third kappa shape index (κ3) is 8.34. The number of rotatable bonds is 13. The van der Waals surface area contributed by atoms with Crippen LogP contribution in [0.2, 0.25) is 5.04 Å². The Morgan fingerprint density at radius 3 is 2.02 bits per heavy atom. The summed E-state index contributed by atoms with van der Waals surface area (Å²) in [6.45, 7) is 11.5. The summed E-state index contributed by atoms with van der Waals surface area (Å²) in [5.74, 6) is -0.446. The fourth-order valence-electron chi connectivity index (χ4n) is 6.03. The average molecular weight is 617 g/mol. The van der Waals surface area contributed by atoms with Gasteiger partial charge in [-0.1, -0.05) is 138 Å². The Morgan fingerprint density at radius 2 is 1.48 bits per heavy atom. The maximum Gasteiger partial charge on any atom is 0.309 e. The molecule has 3 aromatic carbocycles. The van der Waals surface area contributed by atoms with Crippen LogP contribution < -0.4 is 10.4 Å². The van der Waals surface area contributed by atoms with Gasteiger partial charge in [0.15, 0.2) is 0 Å². The number of aliphatic hydroxyl groups is 2. The van der Waals surface area contributed by atoms with Crippen LogP contribution in [0.15, 0.2) is 103 Å². The minimum absolute atomic E-state index is 0.104. The molecule has 3 atom stereocenters. The lowest BCUT2D eigenvalue weighted by molar-refractivity contribution is -0.172. The van der Waals surface area contributed by atoms with E-state index in [0.29, 0.717) is 13.2 Å². The molecular weight excluding hydrogens is 568 g/mol. The highest BCUT2D eigenvalue weighted by Crippen LogP contribution is 2.38. The first-order valence-corrected chi connectivity index (χ1v) is 17.4. The van der Waals surface area contributed by atoms with Crippen LogP contribution in [0.25, 0.3) is 0 Å². The maximum absolute atomic E-state index is 12.7. The summed E-state index contributed by atoms with van der Waals surface area (Å²) in [6.07, 6.45) is 2.44. The van der Waals surface area contributed by atoms with Crippen molar-refractivity contribution < 1.29 is 28.9 Å². The van der Waals surface area contributed by atoms with Crippen molar-refractivity contribution in [3.8, 4) is 0 Å². The molecule has 1 aliphatic heterocycles. The van der Waals surface area contributed by atoms with Gasteiger partial charge in [-0.2, -0.15) is 0 Å². The van der Waals surface area contributed by atoms with E-state index in [1.165, 1.54) is 0 Å². The second-order valence-corrected chi connectivity index (χ2v) is 18.0. The zero-order valence-electron chi connectivity index (χ0n) is 26.7. The van der Waals surface area contributed by atoms with Crippen LogP contribution >= 0.6 is 0 Å². The lowest BCUT2D eigenvalue weighted by atomic mass is 9.84. The standard InChI is InChI=1S/C37H48O6Si/c1-35(2,3)44(31-18-11-7-12-19-31,32-20-13-8-14-21-32)42-27-30-24-37(40,25-34(39)43-30)23-15-22-33(38)36(4,5)28-41-26-29-16-9-6-10-17-29/h6-22,30,33,38,40H,23-28H2,1-5H3/b22-15+/t30-,33?,37?/m1/s1. The molecule has 0 bridgehead atoms. The Bertz CT molecular complexity index is 1310. The highest BCUT2D eigenvalue weighted by Gasteiger charge is 2.51. The second-order valence-electron chi connectivity index (χ2n) is 13.7. The molecule has 236 valence electrons. The van der Waals surface area contributed by atoms with E-state index in [0.717, 1.165) is 15.9 Å². The molecule has 7 heteroatoms. The van der Waals surface area contributed by atoms with Gasteiger partial charge in [0.05, 0.1) is 37.9 Å². The zero-order valence-corrected chi connectivity index (χ0v) is 27.7. The molecule has 0 aliphatic carbocycles. The van der Waals surface area contributed by atoms with Crippen LogP contribution in [0.4, 0.5) is 0 Å². The lowest BCUT2D eigenvalue weighted by Gasteiger charge is -2.44. The third-order valence-electron chi connectivity index (χ3n) is 8.48. The molecule has 3 aromatic rings. The number of esters is 1. The minimum Gasteiger partial charge on any atom is -0.460 e. The topological polar surface area (TPSA) is 85.2 Å². The molecule has 0 saturated carbocycles. The van der Waals surface area contributed by atoms with Crippen molar-refractivity contribution in [2.75, 3.05) is 13.2 Å². The third-order valence-corrected chi connectivity index (χ3v) is 13.5. The predicted octanol–water partition coefficient (Wildman–Crippen LogP) is 5.55. The van der Waals surface area contributed by atoms with Crippen molar-refractivity contribution in [2.24, 2.45) is 5.41 Å². The van der Waals surface area contributed by atoms with Crippen LogP contribution in [0.1, 0.15) is 59.4 Å². The molecule has 2 unspecified atom stereocenters. The fraction of sp³-hybridized carbons (Fsp3) is 0.432. The molecule has 0 amide bonds. The fourth-order valence-corrected chi connectivity index (χ4v) is 10.6. The maximum atomic E-state index is 12.7. The largest absolute Gasteiger partial charge is 0.460 e. The molecular formula is C37H48O6Si. The number of ether oxygens (including phenoxy) is 2. The van der Waals surface area contributed by atoms with Gasteiger partial charge in [0, 0.05) is 11.8 Å². The van der Waals surface area contributed by atoms with Crippen molar-refractivity contribution in [2.45, 2.75) is 83.3 Å². The highest BCUT2D eigenvalue weighted by atomic mass is 28.4. The van der Waals surface area contributed by atoms with Crippen LogP contribution in [0.3, 0.4) is 0 Å². The van der Waals surface area contributed by atoms with E-state index in [1.807, 2.05) is 80.6 Å². The van der Waals surface area contributed by atoms with Crippen LogP contribution in [-0.4, -0.2) is 55.5 Å². The van der Waals surface area contributed by atoms with Gasteiger partial charge in [-0.15, -0.1) is 0 Å². The Morgan fingerprint density at radius 1 is 0.932 bits per heavy atom. The van der Waals surface area contributed by atoms with Crippen molar-refractivity contribution in [3.05, 3.63) is 109 Å². The van der Waals surface area contributed by atoms with Crippen LogP contribution in [0, 0.1) is 5.41 Å². The first-order valence-electron chi connectivity index (χ1n) is 15.5. The number of carbonyl (C=O) groups is 1. The highest BCUT2D eigenvalue weighted by molar-refractivity contribution is 6.99. The van der Waals surface area contributed by atoms with Crippen LogP contribution in [0.5, 0.6) is 0 Å². The Labute approximate surface area is 263 Å². The number of hydrogen-bond acceptors (Lipinski definition) is 6. The normalized spacial score (nSPS) is 20.4. The van der Waals surface area contributed by atoms with E-state index in [2.05, 4.69) is 45.0 Å². The molecule has 0 radical (unpaired) electrons. The van der Waals surface area contributed by atoms with Gasteiger partial charge in [-0.25, -0.2) is 0 Å². The summed E-state index contributed by atoms with van der Waals surface area (Å²) in [5.41, 5.74) is -0.752. The average Bonchev–Trinajstić information content (AvgIpc) is 2.98. The van der Waals surface area contributed by atoms with E-state index in [1.54, 1.807) is 12.2 Å². The molecule has 0 spiro atoms. The van der Waals surface area contributed by atoms with E-state index in [-0.39, 0.29) is 30.9 Å². The lowest BCUT2D eigenvalue weighted by Crippen LogP contribution is -2.67. The molecule has 4 rings (SSSR count). The van der Waals surface area contributed by atoms with E-state index < -0.39 is 37.5 Å². The number of benzene rings is 3. The summed E-state index contributed by atoms with van der Waals surface area (Å²) in [4.78, 5) is 12.7. The van der Waals surface area contributed by atoms with E-state index in [4.69, 9.17) is 13.9 Å². The van der Waals surface area contributed by atoms with Crippen molar-refractivity contribution in [1.82, 2.24) is 0 Å². The number of hydrogen-bond donors (Lipinski definition) is 2. The SMILES string of the molecule is CC(C)(COCc1ccccc1)C(O)/C=C/CC1(O)CC(=O)O[C@@H](CO[Si](c2ccccc2)(c2ccccc2)C(C)(C)C)C1. The van der Waals surface area contributed by atoms with Gasteiger partial charge < -0.3 is 24.1 Å². The molecule has 0 aromatic heterocycles. The van der Waals surface area contributed by atoms with Crippen molar-refractivity contribution in [3.63, 3.8) is 0 Å². The monoisotopic (exact) mass is 616 g/mol. The van der Waals surface area contributed by atoms with Gasteiger partial charge in [0.2, 0.25) is 0 Å². The smallest absolute Gasteiger partial charge is 0.309 e. The van der Waals surface area contributed by atoms with E-state index in [9.17, 15) is 15.0 Å². The molecule has 1 aliphatic rings. The van der Waals surface area contributed by atoms with Gasteiger partial charge in [-0.05, 0) is 27.4 Å². The van der Waals surface area contributed by atoms with Crippen molar-refractivity contribution >= 4 is 24.7 Å². The number of carbonyl (C=O) groups excluding carboxylic acids is 1. The first-order chi connectivity index (χ1) is 20.8. The van der Waals surface area contributed by atoms with Gasteiger partial charge in [0.25, 0.3) is 8.32 Å². The summed E-state index contributed by atoms with van der Waals surface area (Å²) in [5, 5.41) is 24.5. The number of aliphatic hydroxyl groups excluding tert-OH is 1. The Hall–Kier alpha value is -3.07. The summed E-state index contributed by atoms with van der Waals surface area (Å²) in [6, 6.07) is 30.6. The van der Waals surface area contributed by atoms with Gasteiger partial charge >= 0.3 is 5.97 Å². The summed E-state index contributed by atoms with van der Waals surface area (Å²) >= 11 is 0. The molecule has 2 N–H and O–H groups in total. The Kier molecular flexibility index (Phi) is 11.0. The molecule has 1 heterocycles. The predicted molar refractivity (Wildman–Crippen MR) is 177 cm³/mol. The zero-order chi connectivity index (χ0) is 31.8. The second kappa shape index (κ2) is 14.4.